The van der Waals surface area contributed by atoms with Crippen molar-refractivity contribution in [3.63, 3.8) is 0 Å². The van der Waals surface area contributed by atoms with E-state index in [1.54, 1.807) is 24.3 Å². The van der Waals surface area contributed by atoms with Crippen molar-refractivity contribution < 1.29 is 14.4 Å². The second-order valence-electron chi connectivity index (χ2n) is 6.67. The van der Waals surface area contributed by atoms with Crippen LogP contribution in [0.5, 0.6) is 0 Å². The van der Waals surface area contributed by atoms with Crippen LogP contribution < -0.4 is 16.0 Å². The van der Waals surface area contributed by atoms with Crippen LogP contribution in [-0.4, -0.2) is 17.7 Å². The van der Waals surface area contributed by atoms with Gasteiger partial charge >= 0.3 is 0 Å². The van der Waals surface area contributed by atoms with Crippen molar-refractivity contribution in [2.75, 3.05) is 10.2 Å². The normalized spacial score (nSPS) is 16.4. The third-order valence-electron chi connectivity index (χ3n) is 4.97. The van der Waals surface area contributed by atoms with Crippen molar-refractivity contribution in [3.05, 3.63) is 53.1 Å². The molecule has 0 saturated heterocycles. The van der Waals surface area contributed by atoms with E-state index in [-0.39, 0.29) is 18.2 Å². The Morgan fingerprint density at radius 1 is 1.08 bits per heavy atom. The van der Waals surface area contributed by atoms with E-state index < -0.39 is 5.91 Å². The zero-order valence-corrected chi connectivity index (χ0v) is 14.2. The molecule has 1 aliphatic carbocycles. The van der Waals surface area contributed by atoms with Gasteiger partial charge in [0.1, 0.15) is 6.42 Å². The molecule has 0 bridgehead atoms. The van der Waals surface area contributed by atoms with Gasteiger partial charge in [-0.25, -0.2) is 0 Å². The van der Waals surface area contributed by atoms with Crippen LogP contribution in [0.1, 0.15) is 40.7 Å². The van der Waals surface area contributed by atoms with Crippen LogP contribution in [0.15, 0.2) is 36.4 Å². The molecular formula is C20H19N3O3. The lowest BCUT2D eigenvalue weighted by Gasteiger charge is -2.26. The van der Waals surface area contributed by atoms with Gasteiger partial charge in [-0.1, -0.05) is 12.1 Å². The van der Waals surface area contributed by atoms with Crippen LogP contribution in [-0.2, 0) is 22.4 Å². The molecule has 6 heteroatoms. The zero-order chi connectivity index (χ0) is 18.3. The van der Waals surface area contributed by atoms with Crippen molar-refractivity contribution in [1.82, 2.24) is 0 Å². The third-order valence-corrected chi connectivity index (χ3v) is 4.97. The smallest absolute Gasteiger partial charge is 0.248 e. The van der Waals surface area contributed by atoms with Gasteiger partial charge in [0.25, 0.3) is 0 Å². The van der Waals surface area contributed by atoms with Crippen molar-refractivity contribution in [2.45, 2.75) is 32.1 Å². The summed E-state index contributed by atoms with van der Waals surface area (Å²) in [6.07, 6.45) is 3.80. The molecule has 0 atom stereocenters. The second-order valence-corrected chi connectivity index (χ2v) is 6.67. The Bertz CT molecular complexity index is 936. The Kier molecular flexibility index (Phi) is 3.95. The van der Waals surface area contributed by atoms with E-state index in [0.717, 1.165) is 31.2 Å². The fourth-order valence-corrected chi connectivity index (χ4v) is 3.76. The molecular weight excluding hydrogens is 330 g/mol. The molecule has 0 spiro atoms. The van der Waals surface area contributed by atoms with Crippen LogP contribution in [0, 0.1) is 0 Å². The molecule has 1 aliphatic heterocycles. The maximum Gasteiger partial charge on any atom is 0.248 e. The first-order valence-corrected chi connectivity index (χ1v) is 8.72. The lowest BCUT2D eigenvalue weighted by atomic mass is 9.89. The highest BCUT2D eigenvalue weighted by Gasteiger charge is 2.30. The van der Waals surface area contributed by atoms with Crippen molar-refractivity contribution in [2.24, 2.45) is 5.73 Å². The summed E-state index contributed by atoms with van der Waals surface area (Å²) in [5, 5.41) is 2.92. The van der Waals surface area contributed by atoms with Gasteiger partial charge in [-0.3, -0.25) is 19.3 Å². The summed E-state index contributed by atoms with van der Waals surface area (Å²) in [6.45, 7) is 0. The summed E-state index contributed by atoms with van der Waals surface area (Å²) in [5.41, 5.74) is 9.90. The molecule has 132 valence electrons. The highest BCUT2D eigenvalue weighted by Crippen LogP contribution is 2.41. The average Bonchev–Trinajstić information content (AvgIpc) is 2.76. The number of primary amides is 1. The largest absolute Gasteiger partial charge is 0.366 e. The lowest BCUT2D eigenvalue weighted by Crippen LogP contribution is -2.26. The summed E-state index contributed by atoms with van der Waals surface area (Å²) in [7, 11) is 0. The molecule has 6 nitrogen and oxygen atoms in total. The van der Waals surface area contributed by atoms with E-state index in [4.69, 9.17) is 5.73 Å². The molecule has 3 N–H and O–H groups in total. The Morgan fingerprint density at radius 2 is 1.88 bits per heavy atom. The van der Waals surface area contributed by atoms with E-state index in [9.17, 15) is 14.4 Å². The first-order chi connectivity index (χ1) is 12.5. The number of fused-ring (bicyclic) bond motifs is 3. The molecule has 3 amide bonds. The van der Waals surface area contributed by atoms with Crippen LogP contribution in [0.4, 0.5) is 17.1 Å². The van der Waals surface area contributed by atoms with E-state index in [1.165, 1.54) is 10.5 Å². The molecule has 1 heterocycles. The van der Waals surface area contributed by atoms with Crippen LogP contribution in [0.25, 0.3) is 0 Å². The third kappa shape index (κ3) is 2.73. The maximum absolute atomic E-state index is 12.8. The van der Waals surface area contributed by atoms with Gasteiger partial charge in [-0.05, 0) is 61.1 Å². The fraction of sp³-hybridized carbons (Fsp3) is 0.250. The minimum Gasteiger partial charge on any atom is -0.366 e. The monoisotopic (exact) mass is 349 g/mol. The van der Waals surface area contributed by atoms with Gasteiger partial charge in [0.05, 0.1) is 11.4 Å². The molecule has 2 aliphatic rings. The number of amides is 3. The summed E-state index contributed by atoms with van der Waals surface area (Å²) < 4.78 is 0. The van der Waals surface area contributed by atoms with Gasteiger partial charge in [0, 0.05) is 11.3 Å². The molecule has 0 aromatic heterocycles. The number of nitrogens with one attached hydrogen (secondary N) is 1. The first-order valence-electron chi connectivity index (χ1n) is 8.72. The van der Waals surface area contributed by atoms with Crippen LogP contribution >= 0.6 is 0 Å². The van der Waals surface area contributed by atoms with E-state index in [0.29, 0.717) is 22.6 Å². The highest BCUT2D eigenvalue weighted by atomic mass is 16.2. The number of hydrogen-bond donors (Lipinski definition) is 2. The minimum absolute atomic E-state index is 0.246. The summed E-state index contributed by atoms with van der Waals surface area (Å²) >= 11 is 0. The van der Waals surface area contributed by atoms with Crippen LogP contribution in [0.3, 0.4) is 0 Å². The predicted octanol–water partition coefficient (Wildman–Crippen LogP) is 2.67. The number of carbonyl (C=O) groups excluding carboxylic acids is 3. The minimum atomic E-state index is -0.561. The van der Waals surface area contributed by atoms with Gasteiger partial charge < -0.3 is 11.1 Å². The standard InChI is InChI=1S/C20H19N3O3/c21-20(26)13-5-3-6-14(10-13)23-16-9-8-12-4-1-2-7-15(12)19(16)22-17(24)11-18(23)25/h3,5-6,8-10H,1-2,4,7,11H2,(H2,21,26)(H,22,24). The molecule has 4 rings (SSSR count). The molecule has 0 radical (unpaired) electrons. The van der Waals surface area contributed by atoms with E-state index in [1.807, 2.05) is 12.1 Å². The molecule has 0 unspecified atom stereocenters. The molecule has 2 aromatic rings. The Morgan fingerprint density at radius 3 is 2.69 bits per heavy atom. The van der Waals surface area contributed by atoms with Crippen LogP contribution in [0.2, 0.25) is 0 Å². The molecule has 2 aromatic carbocycles. The number of hydrogen-bond acceptors (Lipinski definition) is 3. The highest BCUT2D eigenvalue weighted by molar-refractivity contribution is 6.18. The number of anilines is 3. The van der Waals surface area contributed by atoms with Gasteiger partial charge in [-0.2, -0.15) is 0 Å². The van der Waals surface area contributed by atoms with E-state index in [2.05, 4.69) is 5.32 Å². The number of carbonyl (C=O) groups is 3. The quantitative estimate of drug-likeness (QED) is 0.817. The van der Waals surface area contributed by atoms with Gasteiger partial charge in [0.15, 0.2) is 0 Å². The first kappa shape index (κ1) is 16.3. The number of benzene rings is 2. The van der Waals surface area contributed by atoms with Gasteiger partial charge in [0.2, 0.25) is 17.7 Å². The van der Waals surface area contributed by atoms with E-state index >= 15 is 0 Å². The Hall–Kier alpha value is -3.15. The lowest BCUT2D eigenvalue weighted by molar-refractivity contribution is -0.124. The van der Waals surface area contributed by atoms with Crippen molar-refractivity contribution in [1.29, 1.82) is 0 Å². The summed E-state index contributed by atoms with van der Waals surface area (Å²) in [4.78, 5) is 38.1. The molecule has 26 heavy (non-hydrogen) atoms. The number of aryl methyl sites for hydroxylation is 1. The number of rotatable bonds is 2. The van der Waals surface area contributed by atoms with Crippen molar-refractivity contribution >= 4 is 34.8 Å². The molecule has 0 saturated carbocycles. The zero-order valence-electron chi connectivity index (χ0n) is 14.2. The SMILES string of the molecule is NC(=O)c1cccc(N2C(=O)CC(=O)Nc3c2ccc2c3CCCC2)c1. The predicted molar refractivity (Wildman–Crippen MR) is 98.4 cm³/mol. The van der Waals surface area contributed by atoms with Crippen molar-refractivity contribution in [3.8, 4) is 0 Å². The number of nitrogens with zero attached hydrogens (tertiary/aromatic N) is 1. The molecule has 0 fully saturated rings. The second kappa shape index (κ2) is 6.29. The summed E-state index contributed by atoms with van der Waals surface area (Å²) in [6, 6.07) is 10.5. The van der Waals surface area contributed by atoms with Gasteiger partial charge in [-0.15, -0.1) is 0 Å². The average molecular weight is 349 g/mol. The summed E-state index contributed by atoms with van der Waals surface area (Å²) in [5.74, 6) is -1.21. The topological polar surface area (TPSA) is 92.5 Å². The number of nitrogens with two attached hydrogens (primary N) is 1. The Balaban J connectivity index is 1.90. The maximum atomic E-state index is 12.8. The fourth-order valence-electron chi connectivity index (χ4n) is 3.76. The Labute approximate surface area is 151 Å².